The molecular weight excluding hydrogens is 168 g/mol. The van der Waals surface area contributed by atoms with Crippen LogP contribution in [0, 0.1) is 0 Å². The van der Waals surface area contributed by atoms with Crippen molar-refractivity contribution >= 4 is 11.8 Å². The molecule has 0 heterocycles. The minimum absolute atomic E-state index is 0.114. The van der Waals surface area contributed by atoms with Gasteiger partial charge in [0.1, 0.15) is 18.0 Å². The predicted molar refractivity (Wildman–Crippen MR) is 47.9 cm³/mol. The van der Waals surface area contributed by atoms with Crippen LogP contribution in [0.3, 0.4) is 0 Å². The number of ketones is 1. The molecule has 0 aromatic heterocycles. The van der Waals surface area contributed by atoms with Crippen LogP contribution >= 0.6 is 0 Å². The maximum Gasteiger partial charge on any atom is 0.318 e. The van der Waals surface area contributed by atoms with Gasteiger partial charge in [-0.1, -0.05) is 0 Å². The van der Waals surface area contributed by atoms with Crippen molar-refractivity contribution in [3.63, 3.8) is 0 Å². The van der Waals surface area contributed by atoms with Crippen molar-refractivity contribution in [1.29, 1.82) is 0 Å². The average Bonchev–Trinajstić information content (AvgIpc) is 2.04. The van der Waals surface area contributed by atoms with Crippen LogP contribution in [0.2, 0.25) is 0 Å². The zero-order valence-corrected chi connectivity index (χ0v) is 7.84. The molecule has 1 aliphatic carbocycles. The fourth-order valence-corrected chi connectivity index (χ4v) is 1.29. The Kier molecular flexibility index (Phi) is 3.68. The van der Waals surface area contributed by atoms with Gasteiger partial charge in [-0.15, -0.1) is 0 Å². The van der Waals surface area contributed by atoms with Crippen molar-refractivity contribution in [3.8, 4) is 0 Å². The quantitative estimate of drug-likeness (QED) is 0.495. The topological polar surface area (TPSA) is 43.4 Å². The van der Waals surface area contributed by atoms with E-state index < -0.39 is 5.97 Å². The van der Waals surface area contributed by atoms with Crippen molar-refractivity contribution in [2.24, 2.45) is 0 Å². The number of Topliss-reactive ketones (excluding diaryl/α,β-unsaturated/α-hetero) is 1. The lowest BCUT2D eigenvalue weighted by Crippen LogP contribution is -2.09. The third-order valence-corrected chi connectivity index (χ3v) is 1.89. The summed E-state index contributed by atoms with van der Waals surface area (Å²) in [5.41, 5.74) is 0. The molecule has 0 saturated carbocycles. The van der Waals surface area contributed by atoms with Crippen LogP contribution < -0.4 is 0 Å². The lowest BCUT2D eigenvalue weighted by atomic mass is 10.1. The molecule has 0 bridgehead atoms. The zero-order chi connectivity index (χ0) is 9.68. The SMILES string of the molecule is CC(=O)CC(=O)OC1=CCCCC1. The van der Waals surface area contributed by atoms with Gasteiger partial charge in [-0.3, -0.25) is 9.59 Å². The first kappa shape index (κ1) is 9.96. The van der Waals surface area contributed by atoms with E-state index in [1.54, 1.807) is 0 Å². The summed E-state index contributed by atoms with van der Waals surface area (Å²) in [7, 11) is 0. The monoisotopic (exact) mass is 182 g/mol. The lowest BCUT2D eigenvalue weighted by molar-refractivity contribution is -0.142. The summed E-state index contributed by atoms with van der Waals surface area (Å²) in [5, 5.41) is 0. The first-order valence-electron chi connectivity index (χ1n) is 4.57. The van der Waals surface area contributed by atoms with Gasteiger partial charge < -0.3 is 4.74 Å². The normalized spacial score (nSPS) is 16.2. The fraction of sp³-hybridized carbons (Fsp3) is 0.600. The second kappa shape index (κ2) is 4.80. The second-order valence-electron chi connectivity index (χ2n) is 3.27. The van der Waals surface area contributed by atoms with Crippen LogP contribution in [-0.2, 0) is 14.3 Å². The predicted octanol–water partition coefficient (Wildman–Crippen LogP) is 1.97. The molecule has 0 N–H and O–H groups in total. The molecule has 3 nitrogen and oxygen atoms in total. The molecule has 0 unspecified atom stereocenters. The summed E-state index contributed by atoms with van der Waals surface area (Å²) >= 11 is 0. The molecular formula is C10H14O3. The van der Waals surface area contributed by atoms with Gasteiger partial charge >= 0.3 is 5.97 Å². The van der Waals surface area contributed by atoms with Crippen molar-refractivity contribution in [2.45, 2.75) is 39.0 Å². The number of rotatable bonds is 3. The van der Waals surface area contributed by atoms with E-state index >= 15 is 0 Å². The van der Waals surface area contributed by atoms with Gasteiger partial charge in [0.15, 0.2) is 0 Å². The smallest absolute Gasteiger partial charge is 0.318 e. The Morgan fingerprint density at radius 2 is 2.23 bits per heavy atom. The summed E-state index contributed by atoms with van der Waals surface area (Å²) < 4.78 is 5.00. The van der Waals surface area contributed by atoms with E-state index in [-0.39, 0.29) is 12.2 Å². The Labute approximate surface area is 77.8 Å². The Balaban J connectivity index is 2.34. The van der Waals surface area contributed by atoms with Crippen LogP contribution in [0.4, 0.5) is 0 Å². The molecule has 1 aliphatic rings. The lowest BCUT2D eigenvalue weighted by Gasteiger charge is -2.11. The van der Waals surface area contributed by atoms with Gasteiger partial charge in [-0.05, 0) is 32.3 Å². The Hall–Kier alpha value is -1.12. The van der Waals surface area contributed by atoms with Crippen LogP contribution in [0.5, 0.6) is 0 Å². The molecule has 1 rings (SSSR count). The van der Waals surface area contributed by atoms with E-state index in [4.69, 9.17) is 4.74 Å². The molecule has 0 amide bonds. The van der Waals surface area contributed by atoms with Crippen LogP contribution in [-0.4, -0.2) is 11.8 Å². The Morgan fingerprint density at radius 3 is 2.77 bits per heavy atom. The summed E-state index contributed by atoms with van der Waals surface area (Å²) in [6, 6.07) is 0. The van der Waals surface area contributed by atoms with Gasteiger partial charge in [-0.2, -0.15) is 0 Å². The third kappa shape index (κ3) is 3.87. The molecule has 13 heavy (non-hydrogen) atoms. The van der Waals surface area contributed by atoms with Gasteiger partial charge in [0.05, 0.1) is 0 Å². The first-order valence-corrected chi connectivity index (χ1v) is 4.57. The number of hydrogen-bond acceptors (Lipinski definition) is 3. The van der Waals surface area contributed by atoms with Gasteiger partial charge in [0.25, 0.3) is 0 Å². The highest BCUT2D eigenvalue weighted by Crippen LogP contribution is 2.18. The van der Waals surface area contributed by atoms with E-state index in [1.165, 1.54) is 6.92 Å². The Morgan fingerprint density at radius 1 is 1.46 bits per heavy atom. The first-order chi connectivity index (χ1) is 6.18. The van der Waals surface area contributed by atoms with Crippen LogP contribution in [0.25, 0.3) is 0 Å². The number of esters is 1. The third-order valence-electron chi connectivity index (χ3n) is 1.89. The molecule has 0 radical (unpaired) electrons. The number of hydrogen-bond donors (Lipinski definition) is 0. The average molecular weight is 182 g/mol. The van der Waals surface area contributed by atoms with Crippen LogP contribution in [0.1, 0.15) is 39.0 Å². The molecule has 72 valence electrons. The molecule has 3 heteroatoms. The maximum atomic E-state index is 11.0. The molecule has 0 spiro atoms. The fourth-order valence-electron chi connectivity index (χ4n) is 1.29. The van der Waals surface area contributed by atoms with Gasteiger partial charge in [0, 0.05) is 6.42 Å². The summed E-state index contributed by atoms with van der Waals surface area (Å²) in [4.78, 5) is 21.6. The van der Waals surface area contributed by atoms with E-state index in [0.29, 0.717) is 0 Å². The highest BCUT2D eigenvalue weighted by Gasteiger charge is 2.11. The largest absolute Gasteiger partial charge is 0.431 e. The molecule has 0 fully saturated rings. The molecule has 0 aromatic rings. The second-order valence-corrected chi connectivity index (χ2v) is 3.27. The highest BCUT2D eigenvalue weighted by molar-refractivity contribution is 5.94. The molecule has 0 atom stereocenters. The number of allylic oxidation sites excluding steroid dienone is 2. The molecule has 0 saturated heterocycles. The van der Waals surface area contributed by atoms with Crippen molar-refractivity contribution < 1.29 is 14.3 Å². The van der Waals surface area contributed by atoms with Gasteiger partial charge in [-0.25, -0.2) is 0 Å². The minimum atomic E-state index is -0.430. The summed E-state index contributed by atoms with van der Waals surface area (Å²) in [5.74, 6) is 0.152. The molecule has 0 aliphatic heterocycles. The number of carbonyl (C=O) groups excluding carboxylic acids is 2. The Bertz CT molecular complexity index is 241. The van der Waals surface area contributed by atoms with Gasteiger partial charge in [0.2, 0.25) is 0 Å². The number of carbonyl (C=O) groups is 2. The maximum absolute atomic E-state index is 11.0. The summed E-state index contributed by atoms with van der Waals surface area (Å²) in [6.07, 6.45) is 5.85. The van der Waals surface area contributed by atoms with Crippen molar-refractivity contribution in [2.75, 3.05) is 0 Å². The summed E-state index contributed by atoms with van der Waals surface area (Å²) in [6.45, 7) is 1.39. The van der Waals surface area contributed by atoms with Crippen LogP contribution in [0.15, 0.2) is 11.8 Å². The van der Waals surface area contributed by atoms with E-state index in [0.717, 1.165) is 31.4 Å². The zero-order valence-electron chi connectivity index (χ0n) is 7.84. The van der Waals surface area contributed by atoms with E-state index in [2.05, 4.69) is 0 Å². The molecule has 0 aromatic carbocycles. The van der Waals surface area contributed by atoms with E-state index in [9.17, 15) is 9.59 Å². The standard InChI is InChI=1S/C10H14O3/c1-8(11)7-10(12)13-9-5-3-2-4-6-9/h5H,2-4,6-7H2,1H3. The minimum Gasteiger partial charge on any atom is -0.431 e. The van der Waals surface area contributed by atoms with Crippen molar-refractivity contribution in [1.82, 2.24) is 0 Å². The van der Waals surface area contributed by atoms with Crippen molar-refractivity contribution in [3.05, 3.63) is 11.8 Å². The highest BCUT2D eigenvalue weighted by atomic mass is 16.5. The number of ether oxygens (including phenoxy) is 1. The van der Waals surface area contributed by atoms with E-state index in [1.807, 2.05) is 6.08 Å².